The van der Waals surface area contributed by atoms with Crippen LogP contribution in [0.3, 0.4) is 0 Å². The number of amides is 1. The minimum absolute atomic E-state index is 0.183. The molecule has 1 amide bonds. The van der Waals surface area contributed by atoms with Gasteiger partial charge in [0.25, 0.3) is 5.91 Å². The van der Waals surface area contributed by atoms with E-state index in [9.17, 15) is 4.79 Å². The zero-order chi connectivity index (χ0) is 18.1. The van der Waals surface area contributed by atoms with E-state index in [0.717, 1.165) is 24.5 Å². The number of carbonyl (C=O) groups is 1. The molecule has 1 aromatic heterocycles. The lowest BCUT2D eigenvalue weighted by molar-refractivity contribution is 0.0949. The third-order valence-electron chi connectivity index (χ3n) is 3.40. The number of unbranched alkanes of at least 4 members (excludes halogenated alkanes) is 3. The van der Waals surface area contributed by atoms with Gasteiger partial charge in [0.15, 0.2) is 15.5 Å². The number of halogens is 1. The summed E-state index contributed by atoms with van der Waals surface area (Å²) in [7, 11) is 0. The van der Waals surface area contributed by atoms with Gasteiger partial charge in [0.05, 0.1) is 6.61 Å². The maximum absolute atomic E-state index is 11.9. The number of ether oxygens (including phenoxy) is 1. The molecule has 1 aromatic carbocycles. The third kappa shape index (κ3) is 6.88. The molecule has 0 aliphatic heterocycles. The molecule has 0 aliphatic carbocycles. The van der Waals surface area contributed by atoms with Crippen molar-refractivity contribution in [2.24, 2.45) is 0 Å². The summed E-state index contributed by atoms with van der Waals surface area (Å²) in [6, 6.07) is 10.7. The molecular formula is C18H21BrN2O3S. The van der Waals surface area contributed by atoms with Crippen LogP contribution in [0, 0.1) is 0 Å². The number of carbonyl (C=O) groups excluding carboxylic acids is 1. The van der Waals surface area contributed by atoms with Crippen molar-refractivity contribution >= 4 is 44.9 Å². The highest BCUT2D eigenvalue weighted by Crippen LogP contribution is 2.17. The Bertz CT molecular complexity index is 701. The molecule has 0 aliphatic rings. The first-order valence-corrected chi connectivity index (χ1v) is 9.39. The monoisotopic (exact) mass is 424 g/mol. The van der Waals surface area contributed by atoms with Crippen LogP contribution in [0.5, 0.6) is 5.75 Å². The summed E-state index contributed by atoms with van der Waals surface area (Å²) in [6.07, 6.45) is 4.71. The quantitative estimate of drug-likeness (QED) is 0.454. The fraction of sp³-hybridized carbons (Fsp3) is 0.333. The Labute approximate surface area is 161 Å². The zero-order valence-corrected chi connectivity index (χ0v) is 16.4. The second kappa shape index (κ2) is 10.2. The molecule has 0 bridgehead atoms. The van der Waals surface area contributed by atoms with Crippen molar-refractivity contribution in [1.29, 1.82) is 0 Å². The van der Waals surface area contributed by atoms with Gasteiger partial charge in [-0.3, -0.25) is 10.1 Å². The van der Waals surface area contributed by atoms with Crippen molar-refractivity contribution in [2.45, 2.75) is 32.6 Å². The molecule has 0 saturated carbocycles. The molecule has 2 aromatic rings. The summed E-state index contributed by atoms with van der Waals surface area (Å²) >= 11 is 8.28. The second-order valence-corrected chi connectivity index (χ2v) is 6.64. The highest BCUT2D eigenvalue weighted by Gasteiger charge is 2.12. The number of hydrogen-bond donors (Lipinski definition) is 2. The van der Waals surface area contributed by atoms with Gasteiger partial charge in [-0.25, -0.2) is 0 Å². The SMILES string of the molecule is CCCCCCOc1ccc(NC(=S)NC(=O)c2ccc(Br)o2)cc1. The lowest BCUT2D eigenvalue weighted by Gasteiger charge is -2.10. The molecule has 0 radical (unpaired) electrons. The van der Waals surface area contributed by atoms with E-state index in [4.69, 9.17) is 21.4 Å². The Balaban J connectivity index is 1.76. The Hall–Kier alpha value is -1.86. The predicted molar refractivity (Wildman–Crippen MR) is 106 cm³/mol. The van der Waals surface area contributed by atoms with E-state index in [1.165, 1.54) is 19.3 Å². The number of rotatable bonds is 8. The van der Waals surface area contributed by atoms with E-state index in [1.807, 2.05) is 24.3 Å². The van der Waals surface area contributed by atoms with Crippen LogP contribution in [0.4, 0.5) is 5.69 Å². The highest BCUT2D eigenvalue weighted by molar-refractivity contribution is 9.10. The molecule has 134 valence electrons. The van der Waals surface area contributed by atoms with Gasteiger partial charge in [-0.1, -0.05) is 26.2 Å². The molecular weight excluding hydrogens is 404 g/mol. The number of thiocarbonyl (C=S) groups is 1. The van der Waals surface area contributed by atoms with Gasteiger partial charge in [-0.05, 0) is 71.0 Å². The maximum atomic E-state index is 11.9. The van der Waals surface area contributed by atoms with Gasteiger partial charge in [-0.2, -0.15) is 0 Å². The van der Waals surface area contributed by atoms with Crippen molar-refractivity contribution in [3.05, 3.63) is 46.8 Å². The van der Waals surface area contributed by atoms with Crippen molar-refractivity contribution in [2.75, 3.05) is 11.9 Å². The molecule has 7 heteroatoms. The van der Waals surface area contributed by atoms with E-state index >= 15 is 0 Å². The van der Waals surface area contributed by atoms with Crippen LogP contribution in [0.1, 0.15) is 43.2 Å². The third-order valence-corrected chi connectivity index (χ3v) is 4.03. The van der Waals surface area contributed by atoms with Gasteiger partial charge in [-0.15, -0.1) is 0 Å². The van der Waals surface area contributed by atoms with Gasteiger partial charge in [0.2, 0.25) is 0 Å². The summed E-state index contributed by atoms with van der Waals surface area (Å²) in [4.78, 5) is 11.9. The summed E-state index contributed by atoms with van der Waals surface area (Å²) in [6.45, 7) is 2.91. The topological polar surface area (TPSA) is 63.5 Å². The standard InChI is InChI=1S/C18H21BrN2O3S/c1-2-3-4-5-12-23-14-8-6-13(7-9-14)20-18(25)21-17(22)15-10-11-16(19)24-15/h6-11H,2-5,12H2,1H3,(H2,20,21,22,25). The molecule has 2 rings (SSSR count). The van der Waals surface area contributed by atoms with Crippen LogP contribution in [0.25, 0.3) is 0 Å². The molecule has 0 atom stereocenters. The lowest BCUT2D eigenvalue weighted by atomic mass is 10.2. The summed E-state index contributed by atoms with van der Waals surface area (Å²) < 4.78 is 11.4. The van der Waals surface area contributed by atoms with Crippen LogP contribution < -0.4 is 15.4 Å². The fourth-order valence-electron chi connectivity index (χ4n) is 2.12. The van der Waals surface area contributed by atoms with Crippen LogP contribution in [0.15, 0.2) is 45.5 Å². The van der Waals surface area contributed by atoms with Crippen LogP contribution in [-0.4, -0.2) is 17.6 Å². The first-order chi connectivity index (χ1) is 12.1. The average Bonchev–Trinajstić information content (AvgIpc) is 3.03. The van der Waals surface area contributed by atoms with Crippen LogP contribution in [-0.2, 0) is 0 Å². The number of furan rings is 1. The molecule has 0 unspecified atom stereocenters. The average molecular weight is 425 g/mol. The number of nitrogens with one attached hydrogen (secondary N) is 2. The first-order valence-electron chi connectivity index (χ1n) is 8.19. The number of benzene rings is 1. The smallest absolute Gasteiger partial charge is 0.293 e. The van der Waals surface area contributed by atoms with E-state index in [2.05, 4.69) is 33.5 Å². The maximum Gasteiger partial charge on any atom is 0.293 e. The highest BCUT2D eigenvalue weighted by atomic mass is 79.9. The lowest BCUT2D eigenvalue weighted by Crippen LogP contribution is -2.33. The Morgan fingerprint density at radius 3 is 2.56 bits per heavy atom. The number of anilines is 1. The minimum Gasteiger partial charge on any atom is -0.494 e. The van der Waals surface area contributed by atoms with Gasteiger partial charge in [0.1, 0.15) is 5.75 Å². The largest absolute Gasteiger partial charge is 0.494 e. The van der Waals surface area contributed by atoms with Crippen molar-refractivity contribution in [3.63, 3.8) is 0 Å². The van der Waals surface area contributed by atoms with Gasteiger partial charge < -0.3 is 14.5 Å². The summed E-state index contributed by atoms with van der Waals surface area (Å²) in [5.74, 6) is 0.593. The fourth-order valence-corrected chi connectivity index (χ4v) is 2.63. The molecule has 25 heavy (non-hydrogen) atoms. The number of hydrogen-bond acceptors (Lipinski definition) is 4. The molecule has 0 fully saturated rings. The van der Waals surface area contributed by atoms with Crippen LogP contribution in [0.2, 0.25) is 0 Å². The Morgan fingerprint density at radius 2 is 1.92 bits per heavy atom. The Morgan fingerprint density at radius 1 is 1.16 bits per heavy atom. The normalized spacial score (nSPS) is 10.3. The van der Waals surface area contributed by atoms with Crippen molar-refractivity contribution < 1.29 is 13.9 Å². The van der Waals surface area contributed by atoms with Crippen molar-refractivity contribution in [3.8, 4) is 5.75 Å². The predicted octanol–water partition coefficient (Wildman–Crippen LogP) is 5.13. The minimum atomic E-state index is -0.407. The Kier molecular flexibility index (Phi) is 7.94. The second-order valence-electron chi connectivity index (χ2n) is 5.45. The van der Waals surface area contributed by atoms with E-state index in [-0.39, 0.29) is 10.9 Å². The molecule has 5 nitrogen and oxygen atoms in total. The van der Waals surface area contributed by atoms with Crippen molar-refractivity contribution in [1.82, 2.24) is 5.32 Å². The summed E-state index contributed by atoms with van der Waals surface area (Å²) in [5, 5.41) is 5.71. The van der Waals surface area contributed by atoms with E-state index in [1.54, 1.807) is 12.1 Å². The van der Waals surface area contributed by atoms with Gasteiger partial charge >= 0.3 is 0 Å². The zero-order valence-electron chi connectivity index (χ0n) is 14.0. The summed E-state index contributed by atoms with van der Waals surface area (Å²) in [5.41, 5.74) is 0.768. The molecule has 1 heterocycles. The van der Waals surface area contributed by atoms with E-state index in [0.29, 0.717) is 4.67 Å². The first kappa shape index (κ1) is 19.5. The van der Waals surface area contributed by atoms with E-state index < -0.39 is 5.91 Å². The van der Waals surface area contributed by atoms with Crippen LogP contribution >= 0.6 is 28.1 Å². The van der Waals surface area contributed by atoms with Gasteiger partial charge in [0, 0.05) is 5.69 Å². The molecule has 2 N–H and O–H groups in total. The molecule has 0 saturated heterocycles. The molecule has 0 spiro atoms.